The number of benzene rings is 1. The first kappa shape index (κ1) is 26.4. The fourth-order valence-electron chi connectivity index (χ4n) is 9.70. The molecule has 9 heteroatoms. The molecule has 1 aromatic heterocycles. The van der Waals surface area contributed by atoms with Gasteiger partial charge in [0, 0.05) is 48.2 Å². The SMILES string of the molecule is C[C@]12CC=C3C=C4[C@@H](O)[C@H](O)[C@@H](N5C[C@H](O)[C@@H](O)C5)C[C@]45CCC3(O5)[C@@H]1C[C@@H](O)[C@]2(O)c1ccc2ccncc2c1. The third kappa shape index (κ3) is 3.21. The van der Waals surface area contributed by atoms with Gasteiger partial charge in [-0.25, -0.2) is 0 Å². The zero-order valence-electron chi connectivity index (χ0n) is 23.1. The highest BCUT2D eigenvalue weighted by molar-refractivity contribution is 5.82. The van der Waals surface area contributed by atoms with E-state index in [-0.39, 0.29) is 19.0 Å². The quantitative estimate of drug-likeness (QED) is 0.314. The summed E-state index contributed by atoms with van der Waals surface area (Å²) in [7, 11) is 0. The van der Waals surface area contributed by atoms with Crippen LogP contribution in [0.5, 0.6) is 0 Å². The number of ether oxygens (including phenoxy) is 1. The molecule has 1 unspecified atom stereocenters. The van der Waals surface area contributed by atoms with Crippen LogP contribution in [0.2, 0.25) is 0 Å². The van der Waals surface area contributed by atoms with E-state index in [4.69, 9.17) is 4.74 Å². The second-order valence-electron chi connectivity index (χ2n) is 13.7. The molecular formula is C32H38N2O7. The van der Waals surface area contributed by atoms with Gasteiger partial charge in [0.05, 0.1) is 35.6 Å². The van der Waals surface area contributed by atoms with Crippen molar-refractivity contribution in [3.8, 4) is 0 Å². The molecule has 2 spiro atoms. The van der Waals surface area contributed by atoms with E-state index in [1.807, 2.05) is 35.2 Å². The molecule has 11 atom stereocenters. The Balaban J connectivity index is 1.19. The van der Waals surface area contributed by atoms with Gasteiger partial charge in [-0.3, -0.25) is 9.88 Å². The van der Waals surface area contributed by atoms with E-state index in [1.54, 1.807) is 12.4 Å². The average molecular weight is 563 g/mol. The highest BCUT2D eigenvalue weighted by atomic mass is 16.5. The predicted octanol–water partition coefficient (Wildman–Crippen LogP) is 0.899. The van der Waals surface area contributed by atoms with Crippen LogP contribution in [0.4, 0.5) is 0 Å². The van der Waals surface area contributed by atoms with E-state index >= 15 is 0 Å². The van der Waals surface area contributed by atoms with Gasteiger partial charge in [-0.1, -0.05) is 31.2 Å². The van der Waals surface area contributed by atoms with Crippen molar-refractivity contribution >= 4 is 10.8 Å². The first-order valence-electron chi connectivity index (χ1n) is 14.9. The number of β-amino-alcohol motifs (C(OH)–C–C–N with tert-alkyl or cyclic N) is 2. The monoisotopic (exact) mass is 562 g/mol. The summed E-state index contributed by atoms with van der Waals surface area (Å²) in [6.07, 6.45) is 5.26. The first-order valence-corrected chi connectivity index (χ1v) is 14.9. The lowest BCUT2D eigenvalue weighted by Crippen LogP contribution is -2.63. The molecule has 2 saturated heterocycles. The minimum atomic E-state index is -1.51. The number of pyridine rings is 1. The van der Waals surface area contributed by atoms with E-state index in [1.165, 1.54) is 0 Å². The largest absolute Gasteiger partial charge is 0.390 e. The normalized spacial score (nSPS) is 48.9. The van der Waals surface area contributed by atoms with Crippen molar-refractivity contribution < 1.29 is 35.4 Å². The van der Waals surface area contributed by atoms with Crippen LogP contribution in [-0.2, 0) is 10.3 Å². The summed E-state index contributed by atoms with van der Waals surface area (Å²) >= 11 is 0. The van der Waals surface area contributed by atoms with Gasteiger partial charge in [-0.2, -0.15) is 0 Å². The van der Waals surface area contributed by atoms with Gasteiger partial charge in [0.15, 0.2) is 0 Å². The van der Waals surface area contributed by atoms with E-state index in [0.29, 0.717) is 43.2 Å². The highest BCUT2D eigenvalue weighted by Crippen LogP contribution is 2.70. The Bertz CT molecular complexity index is 1490. The molecule has 2 bridgehead atoms. The van der Waals surface area contributed by atoms with E-state index in [0.717, 1.165) is 16.3 Å². The number of aliphatic hydroxyl groups is 6. The van der Waals surface area contributed by atoms with Gasteiger partial charge in [-0.05, 0) is 66.3 Å². The smallest absolute Gasteiger partial charge is 0.121 e. The van der Waals surface area contributed by atoms with Crippen molar-refractivity contribution in [2.45, 2.75) is 92.4 Å². The molecule has 3 aliphatic heterocycles. The molecule has 218 valence electrons. The van der Waals surface area contributed by atoms with Crippen LogP contribution >= 0.6 is 0 Å². The number of aliphatic hydroxyl groups excluding tert-OH is 5. The minimum Gasteiger partial charge on any atom is -0.390 e. The molecule has 4 fully saturated rings. The molecule has 2 aromatic rings. The number of allylic oxidation sites excluding steroid dienone is 1. The third-order valence-corrected chi connectivity index (χ3v) is 11.9. The fraction of sp³-hybridized carbons (Fsp3) is 0.594. The fourth-order valence-corrected chi connectivity index (χ4v) is 9.70. The number of hydrogen-bond donors (Lipinski definition) is 6. The Kier molecular flexibility index (Phi) is 5.45. The number of likely N-dealkylation sites (tertiary alicyclic amines) is 1. The molecule has 6 N–H and O–H groups in total. The number of aromatic nitrogens is 1. The second kappa shape index (κ2) is 8.45. The Morgan fingerprint density at radius 3 is 2.56 bits per heavy atom. The number of hydrogen-bond acceptors (Lipinski definition) is 9. The molecule has 1 aromatic carbocycles. The van der Waals surface area contributed by atoms with Crippen LogP contribution in [0.25, 0.3) is 10.8 Å². The maximum absolute atomic E-state index is 12.5. The number of rotatable bonds is 2. The molecule has 0 amide bonds. The third-order valence-electron chi connectivity index (χ3n) is 11.9. The van der Waals surface area contributed by atoms with Gasteiger partial charge in [-0.15, -0.1) is 0 Å². The Morgan fingerprint density at radius 1 is 1.00 bits per heavy atom. The van der Waals surface area contributed by atoms with Gasteiger partial charge < -0.3 is 35.4 Å². The molecule has 4 heterocycles. The van der Waals surface area contributed by atoms with Crippen LogP contribution in [0.3, 0.4) is 0 Å². The molecule has 3 aliphatic carbocycles. The number of fused-ring (bicyclic) bond motifs is 2. The Labute approximate surface area is 238 Å². The summed E-state index contributed by atoms with van der Waals surface area (Å²) in [4.78, 5) is 6.11. The topological polar surface area (TPSA) is 147 Å². The maximum Gasteiger partial charge on any atom is 0.121 e. The Morgan fingerprint density at radius 2 is 1.78 bits per heavy atom. The molecule has 8 rings (SSSR count). The van der Waals surface area contributed by atoms with Crippen molar-refractivity contribution in [2.24, 2.45) is 11.3 Å². The molecular weight excluding hydrogens is 524 g/mol. The molecule has 2 saturated carbocycles. The van der Waals surface area contributed by atoms with E-state index in [9.17, 15) is 30.6 Å². The van der Waals surface area contributed by atoms with Gasteiger partial charge in [0.1, 0.15) is 11.7 Å². The lowest BCUT2D eigenvalue weighted by Gasteiger charge is -2.57. The van der Waals surface area contributed by atoms with E-state index < -0.39 is 58.8 Å². The zero-order chi connectivity index (χ0) is 28.5. The summed E-state index contributed by atoms with van der Waals surface area (Å²) in [5.41, 5.74) is -1.47. The molecule has 41 heavy (non-hydrogen) atoms. The lowest BCUT2D eigenvalue weighted by molar-refractivity contribution is -0.187. The molecule has 9 nitrogen and oxygen atoms in total. The van der Waals surface area contributed by atoms with Crippen molar-refractivity contribution in [2.75, 3.05) is 13.1 Å². The van der Waals surface area contributed by atoms with E-state index in [2.05, 4.69) is 18.0 Å². The summed E-state index contributed by atoms with van der Waals surface area (Å²) in [5.74, 6) is -0.186. The Hall–Kier alpha value is -2.21. The minimum absolute atomic E-state index is 0.186. The number of nitrogens with zero attached hydrogens (tertiary/aromatic N) is 2. The van der Waals surface area contributed by atoms with Crippen molar-refractivity contribution in [3.63, 3.8) is 0 Å². The van der Waals surface area contributed by atoms with Gasteiger partial charge in [0.25, 0.3) is 0 Å². The maximum atomic E-state index is 12.5. The molecule has 0 radical (unpaired) electrons. The zero-order valence-corrected chi connectivity index (χ0v) is 23.1. The molecule has 6 aliphatic rings. The van der Waals surface area contributed by atoms with Crippen molar-refractivity contribution in [3.05, 3.63) is 65.5 Å². The summed E-state index contributed by atoms with van der Waals surface area (Å²) < 4.78 is 7.18. The standard InChI is InChI=1S/C32H38N2O7/c1-29-6-4-19-11-21-27(38)28(39)22(34-15-23(35)24(36)16-34)13-30(21)7-8-31(19,41-30)25(29)12-26(37)32(29,40)20-3-2-17-5-9-33-14-18(17)10-20/h2-5,9-11,14,22-28,35-40H,6-8,12-13,15-16H2,1H3/t22-,23-,24-,25+,26+,27+,28+,29-,30+,31?,32+/m0/s1. The van der Waals surface area contributed by atoms with Gasteiger partial charge in [0.2, 0.25) is 0 Å². The summed E-state index contributed by atoms with van der Waals surface area (Å²) in [5, 5.41) is 69.0. The van der Waals surface area contributed by atoms with Crippen LogP contribution in [0.15, 0.2) is 60.0 Å². The first-order chi connectivity index (χ1) is 19.5. The van der Waals surface area contributed by atoms with Crippen LogP contribution in [0, 0.1) is 11.3 Å². The predicted molar refractivity (Wildman–Crippen MR) is 148 cm³/mol. The highest BCUT2D eigenvalue weighted by Gasteiger charge is 2.73. The summed E-state index contributed by atoms with van der Waals surface area (Å²) in [6.45, 7) is 2.51. The van der Waals surface area contributed by atoms with Gasteiger partial charge >= 0.3 is 0 Å². The van der Waals surface area contributed by atoms with Crippen molar-refractivity contribution in [1.29, 1.82) is 0 Å². The second-order valence-corrected chi connectivity index (χ2v) is 13.7. The van der Waals surface area contributed by atoms with Crippen LogP contribution < -0.4 is 0 Å². The summed E-state index contributed by atoms with van der Waals surface area (Å²) in [6, 6.07) is 7.26. The van der Waals surface area contributed by atoms with Crippen LogP contribution in [-0.4, -0.2) is 101 Å². The van der Waals surface area contributed by atoms with Crippen molar-refractivity contribution in [1.82, 2.24) is 9.88 Å². The lowest BCUT2D eigenvalue weighted by atomic mass is 9.56. The average Bonchev–Trinajstić information content (AvgIpc) is 3.54. The van der Waals surface area contributed by atoms with Crippen LogP contribution in [0.1, 0.15) is 44.6 Å².